The van der Waals surface area contributed by atoms with Crippen molar-refractivity contribution in [2.75, 3.05) is 0 Å². The van der Waals surface area contributed by atoms with Crippen molar-refractivity contribution in [3.05, 3.63) is 0 Å². The van der Waals surface area contributed by atoms with Gasteiger partial charge in [0.25, 0.3) is 0 Å². The van der Waals surface area contributed by atoms with E-state index >= 15 is 0 Å². The average Bonchev–Trinajstić information content (AvgIpc) is 2.15. The lowest BCUT2D eigenvalue weighted by atomic mass is 9.86. The molecule has 1 fully saturated rings. The third kappa shape index (κ3) is 5.06. The van der Waals surface area contributed by atoms with E-state index in [1.165, 1.54) is 0 Å². The van der Waals surface area contributed by atoms with Crippen LogP contribution in [0.3, 0.4) is 0 Å². The van der Waals surface area contributed by atoms with Gasteiger partial charge in [0.1, 0.15) is 5.60 Å². The Morgan fingerprint density at radius 2 is 1.71 bits per heavy atom. The van der Waals surface area contributed by atoms with Crippen LogP contribution in [0.25, 0.3) is 0 Å². The highest BCUT2D eigenvalue weighted by Crippen LogP contribution is 2.26. The van der Waals surface area contributed by atoms with Crippen molar-refractivity contribution in [1.82, 2.24) is 5.32 Å². The molecule has 0 aliphatic heterocycles. The zero-order valence-corrected chi connectivity index (χ0v) is 10.7. The number of hydrogen-bond acceptors (Lipinski definition) is 3. The topological polar surface area (TPSA) is 75.6 Å². The number of amides is 1. The minimum atomic E-state index is -0.995. The number of esters is 1. The summed E-state index contributed by atoms with van der Waals surface area (Å²) >= 11 is 0. The summed E-state index contributed by atoms with van der Waals surface area (Å²) in [5.74, 6) is -0.243. The van der Waals surface area contributed by atoms with E-state index in [-0.39, 0.29) is 17.9 Å². The van der Waals surface area contributed by atoms with Crippen molar-refractivity contribution in [3.63, 3.8) is 0 Å². The molecule has 5 nitrogen and oxygen atoms in total. The van der Waals surface area contributed by atoms with Gasteiger partial charge in [0.15, 0.2) is 0 Å². The highest BCUT2D eigenvalue weighted by Gasteiger charge is 2.30. The molecule has 0 spiro atoms. The average molecular weight is 243 g/mol. The van der Waals surface area contributed by atoms with E-state index in [2.05, 4.69) is 5.32 Å². The van der Waals surface area contributed by atoms with Gasteiger partial charge in [-0.05, 0) is 46.5 Å². The molecule has 1 aliphatic carbocycles. The number of carbonyl (C=O) groups excluding carboxylic acids is 1. The maximum absolute atomic E-state index is 11.8. The Bertz CT molecular complexity index is 287. The van der Waals surface area contributed by atoms with Crippen molar-refractivity contribution in [3.8, 4) is 0 Å². The van der Waals surface area contributed by atoms with E-state index in [0.29, 0.717) is 25.7 Å². The third-order valence-corrected chi connectivity index (χ3v) is 2.79. The SMILES string of the molecule is CC(C)(C)OC(=O)C1CCC(NC(=O)O)CC1. The molecule has 0 radical (unpaired) electrons. The molecule has 0 aromatic rings. The number of carbonyl (C=O) groups is 2. The second kappa shape index (κ2) is 5.38. The van der Waals surface area contributed by atoms with Crippen LogP contribution in [0.5, 0.6) is 0 Å². The molecule has 0 saturated heterocycles. The summed E-state index contributed by atoms with van der Waals surface area (Å²) in [5.41, 5.74) is -0.451. The summed E-state index contributed by atoms with van der Waals surface area (Å²) in [7, 11) is 0. The van der Waals surface area contributed by atoms with Gasteiger partial charge in [0.2, 0.25) is 0 Å². The first-order chi connectivity index (χ1) is 7.78. The lowest BCUT2D eigenvalue weighted by Crippen LogP contribution is -2.39. The van der Waals surface area contributed by atoms with Crippen LogP contribution in [-0.2, 0) is 9.53 Å². The molecule has 5 heteroatoms. The smallest absolute Gasteiger partial charge is 0.404 e. The summed E-state index contributed by atoms with van der Waals surface area (Å²) in [6.07, 6.45) is 1.80. The van der Waals surface area contributed by atoms with Crippen LogP contribution in [0.15, 0.2) is 0 Å². The van der Waals surface area contributed by atoms with Crippen molar-refractivity contribution in [2.24, 2.45) is 5.92 Å². The molecule has 98 valence electrons. The van der Waals surface area contributed by atoms with E-state index in [9.17, 15) is 9.59 Å². The Balaban J connectivity index is 2.36. The molecule has 0 unspecified atom stereocenters. The molecule has 0 bridgehead atoms. The maximum Gasteiger partial charge on any atom is 0.404 e. The number of ether oxygens (including phenoxy) is 1. The number of carboxylic acid groups (broad SMARTS) is 1. The van der Waals surface area contributed by atoms with E-state index in [4.69, 9.17) is 9.84 Å². The van der Waals surface area contributed by atoms with Crippen LogP contribution < -0.4 is 5.32 Å². The zero-order valence-electron chi connectivity index (χ0n) is 10.7. The Labute approximate surface area is 102 Å². The number of nitrogens with one attached hydrogen (secondary N) is 1. The predicted molar refractivity (Wildman–Crippen MR) is 62.8 cm³/mol. The van der Waals surface area contributed by atoms with Gasteiger partial charge >= 0.3 is 12.1 Å². The first-order valence-corrected chi connectivity index (χ1v) is 6.00. The fourth-order valence-electron chi connectivity index (χ4n) is 2.03. The monoisotopic (exact) mass is 243 g/mol. The van der Waals surface area contributed by atoms with Crippen LogP contribution >= 0.6 is 0 Å². The van der Waals surface area contributed by atoms with Crippen molar-refractivity contribution >= 4 is 12.1 Å². The quantitative estimate of drug-likeness (QED) is 0.729. The van der Waals surface area contributed by atoms with Crippen LogP contribution in [0.4, 0.5) is 4.79 Å². The van der Waals surface area contributed by atoms with E-state index in [0.717, 1.165) is 0 Å². The van der Waals surface area contributed by atoms with Crippen LogP contribution in [0.2, 0.25) is 0 Å². The normalized spacial score (nSPS) is 25.1. The molecule has 2 N–H and O–H groups in total. The number of hydrogen-bond donors (Lipinski definition) is 2. The fraction of sp³-hybridized carbons (Fsp3) is 0.833. The zero-order chi connectivity index (χ0) is 13.1. The summed E-state index contributed by atoms with van der Waals surface area (Å²) in [6, 6.07) is -0.0220. The summed E-state index contributed by atoms with van der Waals surface area (Å²) in [6.45, 7) is 5.55. The molecular formula is C12H21NO4. The molecule has 0 atom stereocenters. The first kappa shape index (κ1) is 13.8. The standard InChI is InChI=1S/C12H21NO4/c1-12(2,3)17-10(14)8-4-6-9(7-5-8)13-11(15)16/h8-9,13H,4-7H2,1-3H3,(H,15,16). The van der Waals surface area contributed by atoms with Gasteiger partial charge < -0.3 is 15.2 Å². The molecule has 1 saturated carbocycles. The van der Waals surface area contributed by atoms with Gasteiger partial charge in [0.05, 0.1) is 5.92 Å². The first-order valence-electron chi connectivity index (χ1n) is 6.00. The van der Waals surface area contributed by atoms with Crippen LogP contribution in [-0.4, -0.2) is 28.8 Å². The highest BCUT2D eigenvalue weighted by molar-refractivity contribution is 5.73. The molecule has 1 amide bonds. The van der Waals surface area contributed by atoms with Gasteiger partial charge in [0, 0.05) is 6.04 Å². The van der Waals surface area contributed by atoms with Crippen LogP contribution in [0.1, 0.15) is 46.5 Å². The summed E-state index contributed by atoms with van der Waals surface area (Å²) < 4.78 is 5.32. The van der Waals surface area contributed by atoms with Crippen LogP contribution in [0, 0.1) is 5.92 Å². The lowest BCUT2D eigenvalue weighted by molar-refractivity contribution is -0.161. The minimum Gasteiger partial charge on any atom is -0.465 e. The van der Waals surface area contributed by atoms with Gasteiger partial charge in [-0.3, -0.25) is 4.79 Å². The maximum atomic E-state index is 11.8. The van der Waals surface area contributed by atoms with E-state index in [1.807, 2.05) is 20.8 Å². The van der Waals surface area contributed by atoms with Crippen molar-refractivity contribution < 1.29 is 19.4 Å². The lowest BCUT2D eigenvalue weighted by Gasteiger charge is -2.29. The van der Waals surface area contributed by atoms with E-state index < -0.39 is 11.7 Å². The Morgan fingerprint density at radius 3 is 2.12 bits per heavy atom. The van der Waals surface area contributed by atoms with E-state index in [1.54, 1.807) is 0 Å². The molecule has 1 aliphatic rings. The predicted octanol–water partition coefficient (Wildman–Crippen LogP) is 2.15. The van der Waals surface area contributed by atoms with Crippen molar-refractivity contribution in [2.45, 2.75) is 58.1 Å². The van der Waals surface area contributed by atoms with Gasteiger partial charge in [-0.25, -0.2) is 4.79 Å². The third-order valence-electron chi connectivity index (χ3n) is 2.79. The molecule has 17 heavy (non-hydrogen) atoms. The molecular weight excluding hydrogens is 222 g/mol. The second-order valence-corrected chi connectivity index (χ2v) is 5.53. The highest BCUT2D eigenvalue weighted by atomic mass is 16.6. The van der Waals surface area contributed by atoms with Gasteiger partial charge in [-0.2, -0.15) is 0 Å². The largest absolute Gasteiger partial charge is 0.465 e. The molecule has 0 aromatic heterocycles. The van der Waals surface area contributed by atoms with Crippen molar-refractivity contribution in [1.29, 1.82) is 0 Å². The Morgan fingerprint density at radius 1 is 1.18 bits per heavy atom. The molecule has 0 aromatic carbocycles. The molecule has 1 rings (SSSR count). The Hall–Kier alpha value is -1.26. The van der Waals surface area contributed by atoms with Gasteiger partial charge in [-0.1, -0.05) is 0 Å². The second-order valence-electron chi connectivity index (χ2n) is 5.53. The fourth-order valence-corrected chi connectivity index (χ4v) is 2.03. The summed E-state index contributed by atoms with van der Waals surface area (Å²) in [4.78, 5) is 22.3. The van der Waals surface area contributed by atoms with Gasteiger partial charge in [-0.15, -0.1) is 0 Å². The molecule has 0 heterocycles. The Kier molecular flexibility index (Phi) is 4.37. The number of rotatable bonds is 2. The summed E-state index contributed by atoms with van der Waals surface area (Å²) in [5, 5.41) is 11.0. The minimum absolute atomic E-state index is 0.0220.